The molecule has 0 aliphatic carbocycles. The van der Waals surface area contributed by atoms with Crippen LogP contribution in [0.25, 0.3) is 0 Å². The Bertz CT molecular complexity index is 902. The molecule has 1 fully saturated rings. The molecular formula is C20H23NO5S. The van der Waals surface area contributed by atoms with Crippen LogP contribution in [0.1, 0.15) is 36.0 Å². The lowest BCUT2D eigenvalue weighted by molar-refractivity contribution is 0.0729. The predicted molar refractivity (Wildman–Crippen MR) is 102 cm³/mol. The van der Waals surface area contributed by atoms with Gasteiger partial charge in [-0.2, -0.15) is 4.31 Å². The average molecular weight is 389 g/mol. The number of ether oxygens (including phenoxy) is 2. The lowest BCUT2D eigenvalue weighted by Crippen LogP contribution is -2.32. The van der Waals surface area contributed by atoms with Gasteiger partial charge in [0.15, 0.2) is 11.5 Å². The maximum Gasteiger partial charge on any atom is 0.343 e. The van der Waals surface area contributed by atoms with Crippen LogP contribution >= 0.6 is 0 Å². The Balaban J connectivity index is 1.83. The fourth-order valence-corrected chi connectivity index (χ4v) is 4.64. The molecule has 3 rings (SSSR count). The van der Waals surface area contributed by atoms with Crippen LogP contribution in [0.5, 0.6) is 11.5 Å². The zero-order valence-electron chi connectivity index (χ0n) is 15.3. The Kier molecular flexibility index (Phi) is 6.13. The number of sulfonamides is 1. The van der Waals surface area contributed by atoms with E-state index in [9.17, 15) is 13.2 Å². The summed E-state index contributed by atoms with van der Waals surface area (Å²) in [6.07, 6.45) is 3.79. The first-order valence-electron chi connectivity index (χ1n) is 8.98. The van der Waals surface area contributed by atoms with Gasteiger partial charge >= 0.3 is 5.97 Å². The monoisotopic (exact) mass is 389 g/mol. The Hall–Kier alpha value is -2.38. The van der Waals surface area contributed by atoms with Crippen LogP contribution in [0.3, 0.4) is 0 Å². The van der Waals surface area contributed by atoms with Crippen molar-refractivity contribution in [2.75, 3.05) is 20.2 Å². The van der Waals surface area contributed by atoms with E-state index in [1.54, 1.807) is 36.4 Å². The maximum absolute atomic E-state index is 12.9. The SMILES string of the molecule is COc1ccccc1OC(=O)c1cccc(S(=O)(=O)N2CCCCCC2)c1. The fraction of sp³-hybridized carbons (Fsp3) is 0.350. The summed E-state index contributed by atoms with van der Waals surface area (Å²) in [6.45, 7) is 1.02. The van der Waals surface area contributed by atoms with E-state index < -0.39 is 16.0 Å². The van der Waals surface area contributed by atoms with E-state index in [0.29, 0.717) is 18.8 Å². The highest BCUT2D eigenvalue weighted by Crippen LogP contribution is 2.27. The summed E-state index contributed by atoms with van der Waals surface area (Å²) in [5.41, 5.74) is 0.178. The number of carbonyl (C=O) groups is 1. The van der Waals surface area contributed by atoms with E-state index in [4.69, 9.17) is 9.47 Å². The van der Waals surface area contributed by atoms with Gasteiger partial charge in [-0.25, -0.2) is 13.2 Å². The molecule has 1 aliphatic rings. The van der Waals surface area contributed by atoms with Gasteiger partial charge in [0, 0.05) is 13.1 Å². The van der Waals surface area contributed by atoms with Gasteiger partial charge in [0.25, 0.3) is 0 Å². The number of rotatable bonds is 5. The van der Waals surface area contributed by atoms with Crippen molar-refractivity contribution in [3.05, 3.63) is 54.1 Å². The first-order chi connectivity index (χ1) is 13.0. The van der Waals surface area contributed by atoms with E-state index in [1.165, 1.54) is 23.5 Å². The highest BCUT2D eigenvalue weighted by atomic mass is 32.2. The standard InChI is InChI=1S/C20H23NO5S/c1-25-18-11-4-5-12-19(18)26-20(22)16-9-8-10-17(15-16)27(23,24)21-13-6-2-3-7-14-21/h4-5,8-12,15H,2-3,6-7,13-14H2,1H3. The molecule has 0 amide bonds. The van der Waals surface area contributed by atoms with E-state index in [-0.39, 0.29) is 16.2 Å². The quantitative estimate of drug-likeness (QED) is 0.578. The number of hydrogen-bond donors (Lipinski definition) is 0. The molecule has 1 aliphatic heterocycles. The molecule has 6 nitrogen and oxygen atoms in total. The Morgan fingerprint density at radius 1 is 0.926 bits per heavy atom. The zero-order chi connectivity index (χ0) is 19.3. The van der Waals surface area contributed by atoms with Crippen LogP contribution in [0.2, 0.25) is 0 Å². The molecule has 2 aromatic carbocycles. The highest BCUT2D eigenvalue weighted by molar-refractivity contribution is 7.89. The first-order valence-corrected chi connectivity index (χ1v) is 10.4. The minimum atomic E-state index is -3.63. The topological polar surface area (TPSA) is 72.9 Å². The van der Waals surface area contributed by atoms with Gasteiger partial charge in [0.1, 0.15) is 0 Å². The molecule has 1 heterocycles. The van der Waals surface area contributed by atoms with Gasteiger partial charge in [-0.15, -0.1) is 0 Å². The minimum Gasteiger partial charge on any atom is -0.493 e. The molecule has 144 valence electrons. The van der Waals surface area contributed by atoms with E-state index in [0.717, 1.165) is 25.7 Å². The molecule has 7 heteroatoms. The van der Waals surface area contributed by atoms with Crippen LogP contribution in [0.15, 0.2) is 53.4 Å². The van der Waals surface area contributed by atoms with Crippen molar-refractivity contribution in [1.29, 1.82) is 0 Å². The van der Waals surface area contributed by atoms with Crippen LogP contribution < -0.4 is 9.47 Å². The molecule has 1 saturated heterocycles. The summed E-state index contributed by atoms with van der Waals surface area (Å²) in [7, 11) is -2.14. The molecule has 0 N–H and O–H groups in total. The molecule has 0 saturated carbocycles. The van der Waals surface area contributed by atoms with Gasteiger partial charge in [-0.05, 0) is 43.2 Å². The molecule has 0 atom stereocenters. The second kappa shape index (κ2) is 8.54. The van der Waals surface area contributed by atoms with Crippen molar-refractivity contribution in [2.45, 2.75) is 30.6 Å². The van der Waals surface area contributed by atoms with Crippen molar-refractivity contribution >= 4 is 16.0 Å². The summed E-state index contributed by atoms with van der Waals surface area (Å²) in [4.78, 5) is 12.6. The number of nitrogens with zero attached hydrogens (tertiary/aromatic N) is 1. The lowest BCUT2D eigenvalue weighted by Gasteiger charge is -2.20. The van der Waals surface area contributed by atoms with Crippen molar-refractivity contribution in [1.82, 2.24) is 4.31 Å². The van der Waals surface area contributed by atoms with Crippen LogP contribution in [-0.4, -0.2) is 38.9 Å². The van der Waals surface area contributed by atoms with E-state index >= 15 is 0 Å². The summed E-state index contributed by atoms with van der Waals surface area (Å²) in [5.74, 6) is 0.0809. The molecule has 0 radical (unpaired) electrons. The Morgan fingerprint density at radius 2 is 1.59 bits per heavy atom. The number of carbonyl (C=O) groups excluding carboxylic acids is 1. The molecule has 0 bridgehead atoms. The zero-order valence-corrected chi connectivity index (χ0v) is 16.1. The van der Waals surface area contributed by atoms with Gasteiger partial charge in [-0.3, -0.25) is 0 Å². The third kappa shape index (κ3) is 4.48. The summed E-state index contributed by atoms with van der Waals surface area (Å²) < 4.78 is 37.9. The third-order valence-corrected chi connectivity index (χ3v) is 6.44. The highest BCUT2D eigenvalue weighted by Gasteiger charge is 2.26. The molecule has 0 aromatic heterocycles. The fourth-order valence-electron chi connectivity index (χ4n) is 3.08. The number of para-hydroxylation sites is 2. The van der Waals surface area contributed by atoms with Crippen molar-refractivity contribution in [3.63, 3.8) is 0 Å². The third-order valence-electron chi connectivity index (χ3n) is 4.54. The maximum atomic E-state index is 12.9. The average Bonchev–Trinajstić information content (AvgIpc) is 2.98. The Labute approximate surface area is 159 Å². The van der Waals surface area contributed by atoms with Crippen molar-refractivity contribution in [2.24, 2.45) is 0 Å². The smallest absolute Gasteiger partial charge is 0.343 e. The summed E-state index contributed by atoms with van der Waals surface area (Å²) >= 11 is 0. The first kappa shape index (κ1) is 19.4. The van der Waals surface area contributed by atoms with Gasteiger partial charge in [0.2, 0.25) is 10.0 Å². The van der Waals surface area contributed by atoms with E-state index in [1.807, 2.05) is 0 Å². The summed E-state index contributed by atoms with van der Waals surface area (Å²) in [5, 5.41) is 0. The van der Waals surface area contributed by atoms with Gasteiger partial charge in [-0.1, -0.05) is 31.0 Å². The molecule has 27 heavy (non-hydrogen) atoms. The van der Waals surface area contributed by atoms with Crippen LogP contribution in [-0.2, 0) is 10.0 Å². The minimum absolute atomic E-state index is 0.110. The molecular weight excluding hydrogens is 366 g/mol. The number of benzene rings is 2. The second-order valence-electron chi connectivity index (χ2n) is 6.39. The van der Waals surface area contributed by atoms with Crippen molar-refractivity contribution in [3.8, 4) is 11.5 Å². The van der Waals surface area contributed by atoms with Gasteiger partial charge < -0.3 is 9.47 Å². The van der Waals surface area contributed by atoms with E-state index in [2.05, 4.69) is 0 Å². The van der Waals surface area contributed by atoms with Crippen molar-refractivity contribution < 1.29 is 22.7 Å². The van der Waals surface area contributed by atoms with Gasteiger partial charge in [0.05, 0.1) is 17.6 Å². The largest absolute Gasteiger partial charge is 0.493 e. The molecule has 2 aromatic rings. The number of esters is 1. The van der Waals surface area contributed by atoms with Crippen LogP contribution in [0.4, 0.5) is 0 Å². The van der Waals surface area contributed by atoms with Crippen LogP contribution in [0, 0.1) is 0 Å². The number of hydrogen-bond acceptors (Lipinski definition) is 5. The number of methoxy groups -OCH3 is 1. The molecule has 0 spiro atoms. The normalized spacial score (nSPS) is 15.7. The lowest BCUT2D eigenvalue weighted by atomic mass is 10.2. The Morgan fingerprint density at radius 3 is 2.26 bits per heavy atom. The second-order valence-corrected chi connectivity index (χ2v) is 8.32. The summed E-state index contributed by atoms with van der Waals surface area (Å²) in [6, 6.07) is 12.8. The molecule has 0 unspecified atom stereocenters. The predicted octanol–water partition coefficient (Wildman–Crippen LogP) is 3.48.